The minimum absolute atomic E-state index is 0.304. The first-order valence-corrected chi connectivity index (χ1v) is 5.32. The number of aromatic nitrogens is 3. The number of rotatable bonds is 2. The van der Waals surface area contributed by atoms with Crippen LogP contribution in [0.1, 0.15) is 10.4 Å². The van der Waals surface area contributed by atoms with Crippen LogP contribution in [0.25, 0.3) is 16.6 Å². The van der Waals surface area contributed by atoms with E-state index in [1.807, 2.05) is 0 Å². The Morgan fingerprint density at radius 1 is 1.11 bits per heavy atom. The van der Waals surface area contributed by atoms with Crippen LogP contribution < -0.4 is 0 Å². The molecular weight excluding hydrogens is 233 g/mol. The molecule has 0 aliphatic carbocycles. The van der Waals surface area contributed by atoms with Gasteiger partial charge in [0.1, 0.15) is 5.82 Å². The summed E-state index contributed by atoms with van der Waals surface area (Å²) in [4.78, 5) is 14.9. The second-order valence-corrected chi connectivity index (χ2v) is 3.81. The van der Waals surface area contributed by atoms with Crippen LogP contribution in [0, 0.1) is 5.82 Å². The molecule has 0 aliphatic rings. The highest BCUT2D eigenvalue weighted by molar-refractivity contribution is 5.96. The smallest absolute Gasteiger partial charge is 0.152 e. The zero-order chi connectivity index (χ0) is 12.5. The van der Waals surface area contributed by atoms with Crippen LogP contribution in [0.4, 0.5) is 4.39 Å². The van der Waals surface area contributed by atoms with Crippen molar-refractivity contribution >= 4 is 17.2 Å². The number of carbonyl (C=O) groups is 1. The zero-order valence-corrected chi connectivity index (χ0v) is 9.25. The summed E-state index contributed by atoms with van der Waals surface area (Å²) < 4.78 is 14.5. The lowest BCUT2D eigenvalue weighted by Crippen LogP contribution is -1.96. The molecule has 1 aromatic carbocycles. The Kier molecular flexibility index (Phi) is 2.37. The molecule has 88 valence electrons. The van der Waals surface area contributed by atoms with Crippen molar-refractivity contribution in [3.05, 3.63) is 54.2 Å². The molecule has 3 aromatic rings. The first kappa shape index (κ1) is 10.6. The fraction of sp³-hybridized carbons (Fsp3) is 0. The summed E-state index contributed by atoms with van der Waals surface area (Å²) in [5.41, 5.74) is 1.92. The van der Waals surface area contributed by atoms with Gasteiger partial charge in [0.15, 0.2) is 6.29 Å². The molecule has 0 saturated heterocycles. The third-order valence-electron chi connectivity index (χ3n) is 2.73. The quantitative estimate of drug-likeness (QED) is 0.647. The molecule has 0 fully saturated rings. The summed E-state index contributed by atoms with van der Waals surface area (Å²) in [7, 11) is 0. The van der Waals surface area contributed by atoms with Crippen molar-refractivity contribution in [1.82, 2.24) is 14.8 Å². The van der Waals surface area contributed by atoms with Crippen LogP contribution in [0.2, 0.25) is 0 Å². The maximum Gasteiger partial charge on any atom is 0.152 e. The lowest BCUT2D eigenvalue weighted by Gasteiger charge is -2.03. The minimum atomic E-state index is -0.304. The Labute approximate surface area is 102 Å². The van der Waals surface area contributed by atoms with Gasteiger partial charge in [0.25, 0.3) is 0 Å². The third kappa shape index (κ3) is 1.57. The SMILES string of the molecule is O=Cc1cncc2c1cnn2-c1ccc(F)cc1. The van der Waals surface area contributed by atoms with Crippen LogP contribution >= 0.6 is 0 Å². The molecule has 0 saturated carbocycles. The van der Waals surface area contributed by atoms with Crippen molar-refractivity contribution in [3.63, 3.8) is 0 Å². The molecule has 0 bridgehead atoms. The van der Waals surface area contributed by atoms with Gasteiger partial charge in [0.2, 0.25) is 0 Å². The molecule has 4 nitrogen and oxygen atoms in total. The van der Waals surface area contributed by atoms with Gasteiger partial charge in [-0.2, -0.15) is 5.10 Å². The van der Waals surface area contributed by atoms with Crippen LogP contribution in [0.3, 0.4) is 0 Å². The normalized spacial score (nSPS) is 10.7. The number of pyridine rings is 1. The van der Waals surface area contributed by atoms with Crippen molar-refractivity contribution in [3.8, 4) is 5.69 Å². The minimum Gasteiger partial charge on any atom is -0.298 e. The monoisotopic (exact) mass is 241 g/mol. The van der Waals surface area contributed by atoms with Crippen LogP contribution in [-0.4, -0.2) is 21.1 Å². The second kappa shape index (κ2) is 4.03. The van der Waals surface area contributed by atoms with E-state index in [2.05, 4.69) is 10.1 Å². The summed E-state index contributed by atoms with van der Waals surface area (Å²) in [5, 5.41) is 4.93. The summed E-state index contributed by atoms with van der Waals surface area (Å²) >= 11 is 0. The van der Waals surface area contributed by atoms with Crippen LogP contribution in [-0.2, 0) is 0 Å². The van der Waals surface area contributed by atoms with E-state index < -0.39 is 0 Å². The fourth-order valence-electron chi connectivity index (χ4n) is 1.84. The van der Waals surface area contributed by atoms with Crippen LogP contribution in [0.5, 0.6) is 0 Å². The maximum absolute atomic E-state index is 12.9. The molecule has 2 heterocycles. The molecular formula is C13H8FN3O. The van der Waals surface area contributed by atoms with Gasteiger partial charge in [-0.15, -0.1) is 0 Å². The Balaban J connectivity index is 2.24. The Morgan fingerprint density at radius 2 is 1.89 bits per heavy atom. The van der Waals surface area contributed by atoms with E-state index in [9.17, 15) is 9.18 Å². The average Bonchev–Trinajstić information content (AvgIpc) is 2.83. The number of hydrogen-bond acceptors (Lipinski definition) is 3. The van der Waals surface area contributed by atoms with Crippen molar-refractivity contribution in [1.29, 1.82) is 0 Å². The van der Waals surface area contributed by atoms with Crippen molar-refractivity contribution in [2.75, 3.05) is 0 Å². The highest BCUT2D eigenvalue weighted by Crippen LogP contribution is 2.19. The number of benzene rings is 1. The predicted molar refractivity (Wildman–Crippen MR) is 64.2 cm³/mol. The molecule has 0 spiro atoms. The zero-order valence-electron chi connectivity index (χ0n) is 9.25. The van der Waals surface area contributed by atoms with E-state index in [0.29, 0.717) is 11.1 Å². The van der Waals surface area contributed by atoms with Gasteiger partial charge in [-0.05, 0) is 24.3 Å². The van der Waals surface area contributed by atoms with Gasteiger partial charge in [-0.1, -0.05) is 0 Å². The van der Waals surface area contributed by atoms with Gasteiger partial charge >= 0.3 is 0 Å². The lowest BCUT2D eigenvalue weighted by molar-refractivity contribution is 0.112. The van der Waals surface area contributed by atoms with E-state index in [1.54, 1.807) is 29.2 Å². The number of carbonyl (C=O) groups excluding carboxylic acids is 1. The molecule has 3 rings (SSSR count). The standard InChI is InChI=1S/C13H8FN3O/c14-10-1-3-11(4-2-10)17-13-7-15-5-9(8-18)12(13)6-16-17/h1-8H. The highest BCUT2D eigenvalue weighted by Gasteiger charge is 2.08. The van der Waals surface area contributed by atoms with E-state index in [0.717, 1.165) is 17.4 Å². The Morgan fingerprint density at radius 3 is 2.61 bits per heavy atom. The van der Waals surface area contributed by atoms with Gasteiger partial charge < -0.3 is 0 Å². The largest absolute Gasteiger partial charge is 0.298 e. The summed E-state index contributed by atoms with van der Waals surface area (Å²) in [6.45, 7) is 0. The van der Waals surface area contributed by atoms with E-state index in [1.165, 1.54) is 18.3 Å². The highest BCUT2D eigenvalue weighted by atomic mass is 19.1. The molecule has 2 aromatic heterocycles. The maximum atomic E-state index is 12.9. The second-order valence-electron chi connectivity index (χ2n) is 3.81. The molecule has 18 heavy (non-hydrogen) atoms. The van der Waals surface area contributed by atoms with Gasteiger partial charge in [-0.25, -0.2) is 9.07 Å². The molecule has 0 unspecified atom stereocenters. The summed E-state index contributed by atoms with van der Waals surface area (Å²) in [6.07, 6.45) is 5.46. The molecule has 0 aliphatic heterocycles. The number of hydrogen-bond donors (Lipinski definition) is 0. The van der Waals surface area contributed by atoms with Crippen molar-refractivity contribution in [2.45, 2.75) is 0 Å². The van der Waals surface area contributed by atoms with E-state index >= 15 is 0 Å². The Bertz CT molecular complexity index is 719. The van der Waals surface area contributed by atoms with E-state index in [4.69, 9.17) is 0 Å². The van der Waals surface area contributed by atoms with Gasteiger partial charge in [0, 0.05) is 17.1 Å². The first-order valence-electron chi connectivity index (χ1n) is 5.32. The number of fused-ring (bicyclic) bond motifs is 1. The molecule has 0 amide bonds. The van der Waals surface area contributed by atoms with Crippen LogP contribution in [0.15, 0.2) is 42.9 Å². The number of halogens is 1. The first-order chi connectivity index (χ1) is 8.79. The van der Waals surface area contributed by atoms with E-state index in [-0.39, 0.29) is 5.82 Å². The molecule has 0 N–H and O–H groups in total. The summed E-state index contributed by atoms with van der Waals surface area (Å²) in [6, 6.07) is 5.96. The number of aldehydes is 1. The van der Waals surface area contributed by atoms with Gasteiger partial charge in [0.05, 0.1) is 23.6 Å². The van der Waals surface area contributed by atoms with Crippen molar-refractivity contribution in [2.24, 2.45) is 0 Å². The fourth-order valence-corrected chi connectivity index (χ4v) is 1.84. The third-order valence-corrected chi connectivity index (χ3v) is 2.73. The molecule has 5 heteroatoms. The van der Waals surface area contributed by atoms with Crippen molar-refractivity contribution < 1.29 is 9.18 Å². The molecule has 0 radical (unpaired) electrons. The predicted octanol–water partition coefficient (Wildman–Crippen LogP) is 2.37. The molecule has 0 atom stereocenters. The average molecular weight is 241 g/mol. The van der Waals surface area contributed by atoms with Gasteiger partial charge in [-0.3, -0.25) is 9.78 Å². The Hall–Kier alpha value is -2.56. The number of nitrogens with zero attached hydrogens (tertiary/aromatic N) is 3. The summed E-state index contributed by atoms with van der Waals surface area (Å²) in [5.74, 6) is -0.304. The lowest BCUT2D eigenvalue weighted by atomic mass is 10.2. The topological polar surface area (TPSA) is 47.8 Å².